The fourth-order valence-corrected chi connectivity index (χ4v) is 2.04. The van der Waals surface area contributed by atoms with Crippen molar-refractivity contribution in [3.05, 3.63) is 16.4 Å². The van der Waals surface area contributed by atoms with E-state index in [0.29, 0.717) is 6.54 Å². The number of nitro groups is 1. The number of aromatic nitrogens is 3. The van der Waals surface area contributed by atoms with Gasteiger partial charge in [0.15, 0.2) is 0 Å². The fourth-order valence-electron chi connectivity index (χ4n) is 1.30. The van der Waals surface area contributed by atoms with E-state index >= 15 is 0 Å². The molecule has 0 saturated heterocycles. The van der Waals surface area contributed by atoms with Gasteiger partial charge in [0.25, 0.3) is 0 Å². The van der Waals surface area contributed by atoms with E-state index in [9.17, 15) is 10.1 Å². The normalized spacial score (nSPS) is 18.1. The van der Waals surface area contributed by atoms with Crippen molar-refractivity contribution in [3.8, 4) is 0 Å². The zero-order valence-corrected chi connectivity index (χ0v) is 8.98. The first-order valence-electron chi connectivity index (χ1n) is 4.25. The van der Waals surface area contributed by atoms with Crippen LogP contribution in [0.25, 0.3) is 0 Å². The van der Waals surface area contributed by atoms with Crippen LogP contribution in [0, 0.1) is 15.5 Å². The first-order valence-corrected chi connectivity index (χ1v) is 5.37. The molecule has 0 spiro atoms. The second-order valence-electron chi connectivity index (χ2n) is 3.63. The molecular formula is C7H9BrN4O2. The molecule has 0 aromatic carbocycles. The molecule has 0 amide bonds. The highest BCUT2D eigenvalue weighted by Crippen LogP contribution is 2.48. The summed E-state index contributed by atoms with van der Waals surface area (Å²) in [5, 5.41) is 15.0. The summed E-state index contributed by atoms with van der Waals surface area (Å²) in [4.78, 5) is 13.3. The Hall–Kier alpha value is -0.980. The molecule has 1 aromatic heterocycles. The molecule has 1 heterocycles. The van der Waals surface area contributed by atoms with Crippen molar-refractivity contribution in [2.45, 2.75) is 19.4 Å². The van der Waals surface area contributed by atoms with Gasteiger partial charge >= 0.3 is 5.95 Å². The molecule has 7 heteroatoms. The molecule has 76 valence electrons. The van der Waals surface area contributed by atoms with Crippen LogP contribution in [0.1, 0.15) is 12.8 Å². The summed E-state index contributed by atoms with van der Waals surface area (Å²) in [6.07, 6.45) is 3.71. The van der Waals surface area contributed by atoms with Crippen molar-refractivity contribution < 1.29 is 4.92 Å². The van der Waals surface area contributed by atoms with Crippen LogP contribution in [0.3, 0.4) is 0 Å². The van der Waals surface area contributed by atoms with Crippen molar-refractivity contribution in [3.63, 3.8) is 0 Å². The Morgan fingerprint density at radius 2 is 2.43 bits per heavy atom. The smallest absolute Gasteiger partial charge is 0.390 e. The van der Waals surface area contributed by atoms with Gasteiger partial charge in [0.1, 0.15) is 0 Å². The summed E-state index contributed by atoms with van der Waals surface area (Å²) >= 11 is 3.43. The van der Waals surface area contributed by atoms with E-state index in [1.54, 1.807) is 4.68 Å². The van der Waals surface area contributed by atoms with Crippen LogP contribution in [0.2, 0.25) is 0 Å². The minimum Gasteiger partial charge on any atom is -0.390 e. The minimum absolute atomic E-state index is 0.252. The summed E-state index contributed by atoms with van der Waals surface area (Å²) < 4.78 is 1.55. The van der Waals surface area contributed by atoms with Crippen LogP contribution in [0.4, 0.5) is 5.95 Å². The number of halogens is 1. The Balaban J connectivity index is 2.07. The Labute approximate surface area is 88.6 Å². The average molecular weight is 261 g/mol. The van der Waals surface area contributed by atoms with E-state index in [0.717, 1.165) is 18.2 Å². The summed E-state index contributed by atoms with van der Waals surface area (Å²) in [5.41, 5.74) is 0.252. The Bertz CT molecular complexity index is 360. The molecule has 0 N–H and O–H groups in total. The predicted molar refractivity (Wildman–Crippen MR) is 52.1 cm³/mol. The van der Waals surface area contributed by atoms with Crippen molar-refractivity contribution in [2.75, 3.05) is 5.33 Å². The number of alkyl halides is 1. The molecule has 1 aliphatic carbocycles. The van der Waals surface area contributed by atoms with Crippen LogP contribution < -0.4 is 0 Å². The Kier molecular flexibility index (Phi) is 2.26. The predicted octanol–water partition coefficient (Wildman–Crippen LogP) is 1.36. The van der Waals surface area contributed by atoms with E-state index < -0.39 is 4.92 Å². The molecule has 0 bridgehead atoms. The second-order valence-corrected chi connectivity index (χ2v) is 4.19. The minimum atomic E-state index is -0.579. The lowest BCUT2D eigenvalue weighted by Crippen LogP contribution is -2.13. The molecule has 6 nitrogen and oxygen atoms in total. The number of hydrogen-bond donors (Lipinski definition) is 0. The third-order valence-electron chi connectivity index (χ3n) is 2.43. The quantitative estimate of drug-likeness (QED) is 0.466. The molecule has 0 unspecified atom stereocenters. The molecule has 0 radical (unpaired) electrons. The van der Waals surface area contributed by atoms with Gasteiger partial charge in [-0.25, -0.2) is 0 Å². The van der Waals surface area contributed by atoms with E-state index in [1.165, 1.54) is 6.33 Å². The molecule has 1 aromatic rings. The van der Waals surface area contributed by atoms with Crippen LogP contribution in [0.5, 0.6) is 0 Å². The number of nitrogens with zero attached hydrogens (tertiary/aromatic N) is 4. The fraction of sp³-hybridized carbons (Fsp3) is 0.714. The first-order chi connectivity index (χ1) is 6.65. The van der Waals surface area contributed by atoms with E-state index in [2.05, 4.69) is 26.0 Å². The first kappa shape index (κ1) is 9.57. The topological polar surface area (TPSA) is 73.8 Å². The third-order valence-corrected chi connectivity index (χ3v) is 3.62. The largest absolute Gasteiger partial charge is 0.490 e. The van der Waals surface area contributed by atoms with Crippen LogP contribution in [-0.2, 0) is 6.54 Å². The monoisotopic (exact) mass is 260 g/mol. The molecule has 0 aliphatic heterocycles. The lowest BCUT2D eigenvalue weighted by Gasteiger charge is -2.07. The SMILES string of the molecule is O=[N+]([O-])c1ncn(CC2(CBr)CC2)n1. The van der Waals surface area contributed by atoms with E-state index in [1.807, 2.05) is 0 Å². The molecule has 1 saturated carbocycles. The zero-order chi connectivity index (χ0) is 10.2. The number of hydrogen-bond acceptors (Lipinski definition) is 4. The van der Waals surface area contributed by atoms with Crippen molar-refractivity contribution in [1.29, 1.82) is 0 Å². The van der Waals surface area contributed by atoms with E-state index in [4.69, 9.17) is 0 Å². The number of rotatable bonds is 4. The van der Waals surface area contributed by atoms with Gasteiger partial charge in [-0.05, 0) is 17.8 Å². The van der Waals surface area contributed by atoms with Gasteiger partial charge in [-0.2, -0.15) is 4.68 Å². The zero-order valence-electron chi connectivity index (χ0n) is 7.39. The molecule has 1 aliphatic rings. The van der Waals surface area contributed by atoms with Gasteiger partial charge in [0.05, 0.1) is 6.54 Å². The van der Waals surface area contributed by atoms with Gasteiger partial charge in [0.2, 0.25) is 6.33 Å². The maximum atomic E-state index is 10.3. The Morgan fingerprint density at radius 1 is 1.71 bits per heavy atom. The molecule has 0 atom stereocenters. The molecule has 1 fully saturated rings. The lowest BCUT2D eigenvalue weighted by molar-refractivity contribution is -0.394. The van der Waals surface area contributed by atoms with Crippen molar-refractivity contribution >= 4 is 21.9 Å². The maximum Gasteiger partial charge on any atom is 0.490 e. The highest BCUT2D eigenvalue weighted by Gasteiger charge is 2.42. The average Bonchev–Trinajstić information content (AvgIpc) is 2.75. The third kappa shape index (κ3) is 1.77. The summed E-state index contributed by atoms with van der Waals surface area (Å²) in [6.45, 7) is 0.707. The maximum absolute atomic E-state index is 10.3. The lowest BCUT2D eigenvalue weighted by atomic mass is 10.1. The van der Waals surface area contributed by atoms with Gasteiger partial charge in [0, 0.05) is 15.8 Å². The molecular weight excluding hydrogens is 252 g/mol. The van der Waals surface area contributed by atoms with Gasteiger partial charge in [-0.15, -0.1) is 0 Å². The highest BCUT2D eigenvalue weighted by atomic mass is 79.9. The van der Waals surface area contributed by atoms with E-state index in [-0.39, 0.29) is 11.4 Å². The molecule has 2 rings (SSSR count). The highest BCUT2D eigenvalue weighted by molar-refractivity contribution is 9.09. The Morgan fingerprint density at radius 3 is 2.86 bits per heavy atom. The van der Waals surface area contributed by atoms with Gasteiger partial charge in [-0.3, -0.25) is 0 Å². The summed E-state index contributed by atoms with van der Waals surface area (Å²) in [7, 11) is 0. The van der Waals surface area contributed by atoms with Crippen LogP contribution in [-0.4, -0.2) is 25.0 Å². The summed E-state index contributed by atoms with van der Waals surface area (Å²) in [6, 6.07) is 0. The van der Waals surface area contributed by atoms with Gasteiger partial charge < -0.3 is 10.1 Å². The molecule has 14 heavy (non-hydrogen) atoms. The van der Waals surface area contributed by atoms with Crippen LogP contribution in [0.15, 0.2) is 6.33 Å². The van der Waals surface area contributed by atoms with Crippen LogP contribution >= 0.6 is 15.9 Å². The second kappa shape index (κ2) is 3.30. The van der Waals surface area contributed by atoms with Crippen molar-refractivity contribution in [2.24, 2.45) is 5.41 Å². The summed E-state index contributed by atoms with van der Waals surface area (Å²) in [5.74, 6) is -0.324. The standard InChI is InChI=1S/C7H9BrN4O2/c8-3-7(1-2-7)4-11-5-9-6(10-11)12(13)14/h5H,1-4H2. The van der Waals surface area contributed by atoms with Crippen molar-refractivity contribution in [1.82, 2.24) is 14.8 Å². The van der Waals surface area contributed by atoms with Gasteiger partial charge in [-0.1, -0.05) is 20.9 Å².